The third kappa shape index (κ3) is 3.20. The summed E-state index contributed by atoms with van der Waals surface area (Å²) in [6.07, 6.45) is 0. The van der Waals surface area contributed by atoms with E-state index in [0.717, 1.165) is 0 Å². The van der Waals surface area contributed by atoms with Crippen molar-refractivity contribution >= 4 is 11.7 Å². The quantitative estimate of drug-likeness (QED) is 0.419. The standard InChI is InChI=1S/C8H8F4N4O/c9-3-5(14-1-2-15-8(13)17)4(10)7(12)16-6(3)11/h1-2H2,(H,14,16)(H3,13,15,17). The molecule has 0 aliphatic carbocycles. The molecule has 1 heterocycles. The van der Waals surface area contributed by atoms with Crippen LogP contribution in [0.2, 0.25) is 0 Å². The SMILES string of the molecule is NC(=O)NCCNc1c(F)c(F)nc(F)c1F. The summed E-state index contributed by atoms with van der Waals surface area (Å²) in [6.45, 7) is -0.237. The molecule has 0 atom stereocenters. The number of urea groups is 1. The largest absolute Gasteiger partial charge is 0.378 e. The van der Waals surface area contributed by atoms with Gasteiger partial charge < -0.3 is 16.4 Å². The molecule has 0 aromatic carbocycles. The van der Waals surface area contributed by atoms with E-state index in [1.165, 1.54) is 0 Å². The van der Waals surface area contributed by atoms with Gasteiger partial charge in [-0.05, 0) is 0 Å². The minimum atomic E-state index is -1.76. The number of nitrogens with two attached hydrogens (primary N) is 1. The van der Waals surface area contributed by atoms with Gasteiger partial charge in [-0.25, -0.2) is 4.79 Å². The molecule has 17 heavy (non-hydrogen) atoms. The predicted octanol–water partition coefficient (Wildman–Crippen LogP) is 0.718. The van der Waals surface area contributed by atoms with Gasteiger partial charge in [-0.1, -0.05) is 0 Å². The Morgan fingerprint density at radius 2 is 1.65 bits per heavy atom. The van der Waals surface area contributed by atoms with Gasteiger partial charge in [-0.3, -0.25) is 0 Å². The number of hydrogen-bond acceptors (Lipinski definition) is 3. The zero-order valence-corrected chi connectivity index (χ0v) is 8.36. The van der Waals surface area contributed by atoms with Gasteiger partial charge >= 0.3 is 6.03 Å². The van der Waals surface area contributed by atoms with Crippen molar-refractivity contribution in [3.05, 3.63) is 23.5 Å². The zero-order chi connectivity index (χ0) is 13.0. The fourth-order valence-corrected chi connectivity index (χ4v) is 1.02. The Labute approximate surface area is 93.0 Å². The van der Waals surface area contributed by atoms with Crippen LogP contribution in [0, 0.1) is 23.5 Å². The summed E-state index contributed by atoms with van der Waals surface area (Å²) < 4.78 is 51.3. The number of nitrogens with zero attached hydrogens (tertiary/aromatic N) is 1. The highest BCUT2D eigenvalue weighted by molar-refractivity contribution is 5.71. The van der Waals surface area contributed by atoms with Crippen molar-refractivity contribution in [2.24, 2.45) is 5.73 Å². The van der Waals surface area contributed by atoms with Crippen LogP contribution in [-0.2, 0) is 0 Å². The lowest BCUT2D eigenvalue weighted by atomic mass is 10.3. The highest BCUT2D eigenvalue weighted by atomic mass is 19.2. The molecule has 4 N–H and O–H groups in total. The number of carbonyl (C=O) groups excluding carboxylic acids is 1. The third-order valence-corrected chi connectivity index (χ3v) is 1.72. The van der Waals surface area contributed by atoms with Crippen LogP contribution in [0.4, 0.5) is 28.0 Å². The van der Waals surface area contributed by atoms with Crippen LogP contribution in [0.3, 0.4) is 0 Å². The van der Waals surface area contributed by atoms with E-state index >= 15 is 0 Å². The summed E-state index contributed by atoms with van der Waals surface area (Å²) in [7, 11) is 0. The second-order valence-electron chi connectivity index (χ2n) is 2.91. The topological polar surface area (TPSA) is 80.0 Å². The third-order valence-electron chi connectivity index (χ3n) is 1.72. The first-order valence-corrected chi connectivity index (χ1v) is 4.40. The lowest BCUT2D eigenvalue weighted by Crippen LogP contribution is -2.33. The van der Waals surface area contributed by atoms with Crippen molar-refractivity contribution in [3.63, 3.8) is 0 Å². The monoisotopic (exact) mass is 252 g/mol. The molecule has 2 amide bonds. The minimum Gasteiger partial charge on any atom is -0.378 e. The Morgan fingerprint density at radius 1 is 1.12 bits per heavy atom. The highest BCUT2D eigenvalue weighted by Crippen LogP contribution is 2.21. The molecule has 0 aliphatic heterocycles. The normalized spacial score (nSPS) is 10.1. The number of anilines is 1. The van der Waals surface area contributed by atoms with E-state index in [2.05, 4.69) is 15.6 Å². The molecule has 9 heteroatoms. The van der Waals surface area contributed by atoms with Crippen LogP contribution < -0.4 is 16.4 Å². The summed E-state index contributed by atoms with van der Waals surface area (Å²) in [4.78, 5) is 12.6. The number of rotatable bonds is 4. The summed E-state index contributed by atoms with van der Waals surface area (Å²) in [5.74, 6) is -6.78. The van der Waals surface area contributed by atoms with Gasteiger partial charge in [0.05, 0.1) is 0 Å². The maximum atomic E-state index is 13.0. The van der Waals surface area contributed by atoms with Gasteiger partial charge in [-0.15, -0.1) is 0 Å². The molecule has 5 nitrogen and oxygen atoms in total. The Kier molecular flexibility index (Phi) is 4.07. The molecule has 0 spiro atoms. The number of amides is 2. The number of pyridine rings is 1. The Morgan fingerprint density at radius 3 is 2.12 bits per heavy atom. The molecule has 0 saturated carbocycles. The Hall–Kier alpha value is -2.06. The number of carbonyl (C=O) groups is 1. The molecular weight excluding hydrogens is 244 g/mol. The zero-order valence-electron chi connectivity index (χ0n) is 8.36. The van der Waals surface area contributed by atoms with Crippen LogP contribution in [0.5, 0.6) is 0 Å². The van der Waals surface area contributed by atoms with Crippen LogP contribution >= 0.6 is 0 Å². The van der Waals surface area contributed by atoms with Gasteiger partial charge in [0, 0.05) is 13.1 Å². The van der Waals surface area contributed by atoms with Crippen molar-refractivity contribution in [1.29, 1.82) is 0 Å². The second kappa shape index (κ2) is 5.32. The van der Waals surface area contributed by atoms with Gasteiger partial charge in [-0.2, -0.15) is 22.5 Å². The Balaban J connectivity index is 2.73. The average Bonchev–Trinajstić information content (AvgIpc) is 2.25. The molecule has 1 rings (SSSR count). The Bertz CT molecular complexity index is 414. The van der Waals surface area contributed by atoms with Crippen LogP contribution in [-0.4, -0.2) is 24.1 Å². The first-order valence-electron chi connectivity index (χ1n) is 4.40. The first kappa shape index (κ1) is 13.0. The van der Waals surface area contributed by atoms with E-state index in [0.29, 0.717) is 0 Å². The number of hydrogen-bond donors (Lipinski definition) is 3. The molecule has 1 aromatic rings. The lowest BCUT2D eigenvalue weighted by molar-refractivity contribution is 0.249. The fourth-order valence-electron chi connectivity index (χ4n) is 1.02. The van der Waals surface area contributed by atoms with Crippen molar-refractivity contribution in [2.45, 2.75) is 0 Å². The van der Waals surface area contributed by atoms with Gasteiger partial charge in [0.2, 0.25) is 11.6 Å². The average molecular weight is 252 g/mol. The van der Waals surface area contributed by atoms with Crippen LogP contribution in [0.15, 0.2) is 0 Å². The molecule has 0 aliphatic rings. The van der Waals surface area contributed by atoms with Crippen LogP contribution in [0.25, 0.3) is 0 Å². The number of aromatic nitrogens is 1. The van der Waals surface area contributed by atoms with E-state index < -0.39 is 35.2 Å². The summed E-state index contributed by atoms with van der Waals surface area (Å²) >= 11 is 0. The first-order chi connectivity index (χ1) is 7.93. The lowest BCUT2D eigenvalue weighted by Gasteiger charge is -2.09. The molecule has 0 bridgehead atoms. The number of halogens is 4. The highest BCUT2D eigenvalue weighted by Gasteiger charge is 2.20. The van der Waals surface area contributed by atoms with Gasteiger partial charge in [0.1, 0.15) is 5.69 Å². The van der Waals surface area contributed by atoms with Crippen LogP contribution in [0.1, 0.15) is 0 Å². The van der Waals surface area contributed by atoms with E-state index in [1.54, 1.807) is 0 Å². The second-order valence-corrected chi connectivity index (χ2v) is 2.91. The molecule has 0 fully saturated rings. The number of nitrogens with one attached hydrogen (secondary N) is 2. The molecule has 0 radical (unpaired) electrons. The number of primary amides is 1. The van der Waals surface area contributed by atoms with E-state index in [1.807, 2.05) is 0 Å². The summed E-state index contributed by atoms with van der Waals surface area (Å²) in [6, 6.07) is -0.833. The summed E-state index contributed by atoms with van der Waals surface area (Å²) in [5.41, 5.74) is 3.74. The van der Waals surface area contributed by atoms with Gasteiger partial charge in [0.25, 0.3) is 11.9 Å². The van der Waals surface area contributed by atoms with E-state index in [-0.39, 0.29) is 13.1 Å². The smallest absolute Gasteiger partial charge is 0.312 e. The molecule has 94 valence electrons. The molecular formula is C8H8F4N4O. The molecule has 1 aromatic heterocycles. The van der Waals surface area contributed by atoms with E-state index in [9.17, 15) is 22.4 Å². The predicted molar refractivity (Wildman–Crippen MR) is 50.1 cm³/mol. The van der Waals surface area contributed by atoms with Crippen molar-refractivity contribution in [3.8, 4) is 0 Å². The van der Waals surface area contributed by atoms with Crippen molar-refractivity contribution in [2.75, 3.05) is 18.4 Å². The van der Waals surface area contributed by atoms with E-state index in [4.69, 9.17) is 5.73 Å². The minimum absolute atomic E-state index is 0.0697. The molecule has 0 unspecified atom stereocenters. The fraction of sp³-hybridized carbons (Fsp3) is 0.250. The maximum absolute atomic E-state index is 13.0. The molecule has 0 saturated heterocycles. The van der Waals surface area contributed by atoms with Crippen molar-refractivity contribution in [1.82, 2.24) is 10.3 Å². The summed E-state index contributed by atoms with van der Waals surface area (Å²) in [5, 5.41) is 4.19. The van der Waals surface area contributed by atoms with Gasteiger partial charge in [0.15, 0.2) is 0 Å². The maximum Gasteiger partial charge on any atom is 0.312 e. The van der Waals surface area contributed by atoms with Crippen molar-refractivity contribution < 1.29 is 22.4 Å².